The summed E-state index contributed by atoms with van der Waals surface area (Å²) in [6, 6.07) is 0. The molecule has 0 amide bonds. The first kappa shape index (κ1) is 55.5. The van der Waals surface area contributed by atoms with Gasteiger partial charge in [-0.1, -0.05) is 226 Å². The van der Waals surface area contributed by atoms with Crippen molar-refractivity contribution in [2.45, 2.75) is 257 Å². The number of carbonyl (C=O) groups excluding carboxylic acids is 1. The van der Waals surface area contributed by atoms with Gasteiger partial charge in [0.2, 0.25) is 0 Å². The maximum absolute atomic E-state index is 12.6. The molecule has 336 valence electrons. The Kier molecular flexibility index (Phi) is 43.6. The molecule has 0 aliphatic rings. The lowest BCUT2D eigenvalue weighted by Crippen LogP contribution is -2.29. The topological polar surface area (TPSA) is 132 Å². The van der Waals surface area contributed by atoms with Gasteiger partial charge in [0.15, 0.2) is 0 Å². The molecule has 0 saturated heterocycles. The van der Waals surface area contributed by atoms with Crippen LogP contribution in [-0.4, -0.2) is 66.3 Å². The van der Waals surface area contributed by atoms with Crippen LogP contribution in [0.5, 0.6) is 0 Å². The monoisotopic (exact) mass is 821 g/mol. The molecule has 0 aromatic heterocycles. The molecule has 3 unspecified atom stereocenters. The summed E-state index contributed by atoms with van der Waals surface area (Å²) >= 11 is 0. The molecule has 0 aliphatic heterocycles. The van der Waals surface area contributed by atoms with Crippen LogP contribution in [0.2, 0.25) is 0 Å². The van der Waals surface area contributed by atoms with Crippen LogP contribution >= 0.6 is 7.82 Å². The molecule has 0 heterocycles. The minimum atomic E-state index is -4.51. The summed E-state index contributed by atoms with van der Waals surface area (Å²) < 4.78 is 33.4. The highest BCUT2D eigenvalue weighted by atomic mass is 31.2. The lowest BCUT2D eigenvalue weighted by Gasteiger charge is -2.20. The summed E-state index contributed by atoms with van der Waals surface area (Å²) in [5, 5.41) is 18.4. The van der Waals surface area contributed by atoms with Gasteiger partial charge >= 0.3 is 13.8 Å². The van der Waals surface area contributed by atoms with E-state index in [2.05, 4.69) is 13.8 Å². The van der Waals surface area contributed by atoms with Gasteiger partial charge in [-0.2, -0.15) is 0 Å². The van der Waals surface area contributed by atoms with Gasteiger partial charge in [-0.05, 0) is 12.8 Å². The van der Waals surface area contributed by atoms with Crippen molar-refractivity contribution in [3.63, 3.8) is 0 Å². The van der Waals surface area contributed by atoms with E-state index in [1.54, 1.807) is 0 Å². The minimum absolute atomic E-state index is 0.0583. The molecule has 0 rings (SSSR count). The number of aliphatic hydroxyl groups is 2. The molecular formula is C46H93O9P. The van der Waals surface area contributed by atoms with Gasteiger partial charge in [-0.15, -0.1) is 0 Å². The van der Waals surface area contributed by atoms with Crippen LogP contribution in [-0.2, 0) is 27.9 Å². The van der Waals surface area contributed by atoms with Gasteiger partial charge in [0.25, 0.3) is 0 Å². The van der Waals surface area contributed by atoms with Crippen molar-refractivity contribution in [2.24, 2.45) is 0 Å². The third-order valence-corrected chi connectivity index (χ3v) is 11.7. The molecule has 3 N–H and O–H groups in total. The predicted molar refractivity (Wildman–Crippen MR) is 233 cm³/mol. The maximum Gasteiger partial charge on any atom is 0.472 e. The largest absolute Gasteiger partial charge is 0.472 e. The number of ether oxygens (including phenoxy) is 2. The van der Waals surface area contributed by atoms with Crippen LogP contribution in [0.15, 0.2) is 0 Å². The number of phosphoric acid groups is 1. The van der Waals surface area contributed by atoms with Crippen molar-refractivity contribution >= 4 is 13.8 Å². The summed E-state index contributed by atoms with van der Waals surface area (Å²) in [4.78, 5) is 22.6. The molecule has 0 aliphatic carbocycles. The zero-order valence-electron chi connectivity index (χ0n) is 36.9. The number of phosphoric ester groups is 1. The van der Waals surface area contributed by atoms with Crippen molar-refractivity contribution in [1.82, 2.24) is 0 Å². The summed E-state index contributed by atoms with van der Waals surface area (Å²) in [5.74, 6) is -0.377. The molecule has 0 radical (unpaired) electrons. The number of rotatable bonds is 47. The van der Waals surface area contributed by atoms with E-state index in [9.17, 15) is 19.4 Å². The summed E-state index contributed by atoms with van der Waals surface area (Å²) in [5.41, 5.74) is 0. The Morgan fingerprint density at radius 3 is 1.16 bits per heavy atom. The average molecular weight is 821 g/mol. The predicted octanol–water partition coefficient (Wildman–Crippen LogP) is 13.5. The molecule has 0 aromatic carbocycles. The lowest BCUT2D eigenvalue weighted by atomic mass is 10.0. The molecule has 0 spiro atoms. The van der Waals surface area contributed by atoms with E-state index in [4.69, 9.17) is 23.6 Å². The number of carbonyl (C=O) groups is 1. The maximum atomic E-state index is 12.6. The molecular weight excluding hydrogens is 727 g/mol. The van der Waals surface area contributed by atoms with E-state index in [1.165, 1.54) is 193 Å². The highest BCUT2D eigenvalue weighted by Crippen LogP contribution is 2.43. The zero-order chi connectivity index (χ0) is 41.1. The van der Waals surface area contributed by atoms with E-state index >= 15 is 0 Å². The molecule has 0 fully saturated rings. The Balaban J connectivity index is 3.97. The van der Waals surface area contributed by atoms with E-state index in [-0.39, 0.29) is 25.6 Å². The number of hydrogen-bond donors (Lipinski definition) is 3. The van der Waals surface area contributed by atoms with Gasteiger partial charge in [0.05, 0.1) is 26.4 Å². The Labute approximate surface area is 346 Å². The summed E-state index contributed by atoms with van der Waals surface area (Å²) in [7, 11) is -4.51. The van der Waals surface area contributed by atoms with Crippen molar-refractivity contribution in [1.29, 1.82) is 0 Å². The first-order chi connectivity index (χ1) is 27.3. The third kappa shape index (κ3) is 43.0. The second kappa shape index (κ2) is 44.0. The number of aliphatic hydroxyl groups excluding tert-OH is 2. The average Bonchev–Trinajstić information content (AvgIpc) is 3.19. The first-order valence-electron chi connectivity index (χ1n) is 24.0. The van der Waals surface area contributed by atoms with Gasteiger partial charge in [-0.25, -0.2) is 4.57 Å². The second-order valence-electron chi connectivity index (χ2n) is 16.5. The summed E-state index contributed by atoms with van der Waals surface area (Å²) in [6.07, 6.45) is 43.6. The van der Waals surface area contributed by atoms with Gasteiger partial charge in [0.1, 0.15) is 12.2 Å². The highest BCUT2D eigenvalue weighted by Gasteiger charge is 2.26. The molecule has 9 nitrogen and oxygen atoms in total. The standard InChI is InChI=1S/C46H93O9P/c1-3-5-7-9-11-13-15-17-18-19-20-21-22-23-24-25-26-27-29-31-33-35-37-39-52-42-45(43-54-56(50,51)53-41-44(48)40-47)55-46(49)38-36-34-32-30-28-16-14-12-10-8-6-4-2/h44-45,47-48H,3-43H2,1-2H3,(H,50,51). The molecule has 3 atom stereocenters. The molecule has 10 heteroatoms. The van der Waals surface area contributed by atoms with Crippen molar-refractivity contribution in [3.05, 3.63) is 0 Å². The normalized spacial score (nSPS) is 13.9. The quantitative estimate of drug-likeness (QED) is 0.0312. The fourth-order valence-electron chi connectivity index (χ4n) is 7.12. The number of esters is 1. The molecule has 0 aromatic rings. The van der Waals surface area contributed by atoms with Crippen molar-refractivity contribution < 1.29 is 43.0 Å². The number of unbranched alkanes of at least 4 members (excludes halogenated alkanes) is 33. The Hall–Kier alpha value is -0.540. The van der Waals surface area contributed by atoms with Gasteiger partial charge < -0.3 is 24.6 Å². The fraction of sp³-hybridized carbons (Fsp3) is 0.978. The van der Waals surface area contributed by atoms with Gasteiger partial charge in [0, 0.05) is 13.0 Å². The summed E-state index contributed by atoms with van der Waals surface area (Å²) in [6.45, 7) is 3.58. The first-order valence-corrected chi connectivity index (χ1v) is 25.5. The van der Waals surface area contributed by atoms with Crippen LogP contribution in [0.1, 0.15) is 245 Å². The second-order valence-corrected chi connectivity index (χ2v) is 18.0. The fourth-order valence-corrected chi connectivity index (χ4v) is 7.91. The molecule has 0 bridgehead atoms. The minimum Gasteiger partial charge on any atom is -0.457 e. The van der Waals surface area contributed by atoms with Crippen molar-refractivity contribution in [2.75, 3.05) is 33.0 Å². The van der Waals surface area contributed by atoms with Crippen LogP contribution in [0.3, 0.4) is 0 Å². The lowest BCUT2D eigenvalue weighted by molar-refractivity contribution is -0.154. The Bertz CT molecular complexity index is 845. The van der Waals surface area contributed by atoms with Crippen molar-refractivity contribution in [3.8, 4) is 0 Å². The Morgan fingerprint density at radius 1 is 0.482 bits per heavy atom. The van der Waals surface area contributed by atoms with Crippen LogP contribution in [0, 0.1) is 0 Å². The smallest absolute Gasteiger partial charge is 0.457 e. The van der Waals surface area contributed by atoms with E-state index in [0.717, 1.165) is 32.1 Å². The Morgan fingerprint density at radius 2 is 0.804 bits per heavy atom. The third-order valence-electron chi connectivity index (χ3n) is 10.8. The van der Waals surface area contributed by atoms with E-state index in [1.807, 2.05) is 0 Å². The van der Waals surface area contributed by atoms with Gasteiger partial charge in [-0.3, -0.25) is 13.8 Å². The van der Waals surface area contributed by atoms with E-state index in [0.29, 0.717) is 6.61 Å². The molecule has 0 saturated carbocycles. The van der Waals surface area contributed by atoms with Crippen LogP contribution in [0.25, 0.3) is 0 Å². The zero-order valence-corrected chi connectivity index (χ0v) is 37.8. The van der Waals surface area contributed by atoms with Crippen LogP contribution < -0.4 is 0 Å². The number of hydrogen-bond acceptors (Lipinski definition) is 8. The van der Waals surface area contributed by atoms with E-state index < -0.39 is 33.2 Å². The molecule has 56 heavy (non-hydrogen) atoms. The van der Waals surface area contributed by atoms with Crippen LogP contribution in [0.4, 0.5) is 0 Å². The SMILES string of the molecule is CCCCCCCCCCCCCCCCCCCCCCCCCOCC(COP(=O)(O)OCC(O)CO)OC(=O)CCCCCCCCCCCCCC. The highest BCUT2D eigenvalue weighted by molar-refractivity contribution is 7.47.